The van der Waals surface area contributed by atoms with E-state index in [1.165, 1.54) is 0 Å². The molecule has 0 radical (unpaired) electrons. The van der Waals surface area contributed by atoms with E-state index in [1.807, 2.05) is 24.3 Å². The van der Waals surface area contributed by atoms with Crippen molar-refractivity contribution in [3.8, 4) is 5.75 Å². The number of nitrogens with zero attached hydrogens (tertiary/aromatic N) is 2. The average Bonchev–Trinajstić information content (AvgIpc) is 2.40. The second-order valence-electron chi connectivity index (χ2n) is 3.48. The summed E-state index contributed by atoms with van der Waals surface area (Å²) in [5.41, 5.74) is 0.840. The Balaban J connectivity index is 2.19. The van der Waals surface area contributed by atoms with E-state index >= 15 is 0 Å². The van der Waals surface area contributed by atoms with Gasteiger partial charge in [0, 0.05) is 24.4 Å². The van der Waals surface area contributed by atoms with Crippen molar-refractivity contribution in [2.75, 3.05) is 7.11 Å². The number of rotatable bonds is 4. The van der Waals surface area contributed by atoms with Crippen LogP contribution in [0.25, 0.3) is 0 Å². The van der Waals surface area contributed by atoms with Gasteiger partial charge < -0.3 is 4.74 Å². The molecule has 0 amide bonds. The van der Waals surface area contributed by atoms with Crippen LogP contribution in [-0.4, -0.2) is 22.9 Å². The smallest absolute Gasteiger partial charge is 0.204 e. The Hall–Kier alpha value is -2.23. The number of methoxy groups -OCH3 is 1. The predicted octanol–water partition coefficient (Wildman–Crippen LogP) is 1.91. The van der Waals surface area contributed by atoms with Crippen LogP contribution in [0.4, 0.5) is 0 Å². The predicted molar refractivity (Wildman–Crippen MR) is 63.1 cm³/mol. The van der Waals surface area contributed by atoms with Crippen LogP contribution < -0.4 is 4.74 Å². The maximum Gasteiger partial charge on any atom is 0.204 e. The highest BCUT2D eigenvalue weighted by atomic mass is 16.5. The minimum Gasteiger partial charge on any atom is -0.496 e. The van der Waals surface area contributed by atoms with Crippen molar-refractivity contribution < 1.29 is 9.53 Å². The molecule has 2 rings (SSSR count). The maximum atomic E-state index is 11.9. The molecule has 0 saturated carbocycles. The number of ketones is 1. The van der Waals surface area contributed by atoms with Crippen molar-refractivity contribution in [2.45, 2.75) is 6.42 Å². The molecule has 2 aromatic rings. The van der Waals surface area contributed by atoms with Gasteiger partial charge in [0.25, 0.3) is 0 Å². The van der Waals surface area contributed by atoms with Crippen molar-refractivity contribution in [3.05, 3.63) is 54.1 Å². The zero-order chi connectivity index (χ0) is 12.1. The molecule has 1 aromatic heterocycles. The van der Waals surface area contributed by atoms with Gasteiger partial charge >= 0.3 is 0 Å². The van der Waals surface area contributed by atoms with Crippen molar-refractivity contribution >= 4 is 5.78 Å². The molecule has 86 valence electrons. The van der Waals surface area contributed by atoms with Crippen molar-refractivity contribution in [3.63, 3.8) is 0 Å². The van der Waals surface area contributed by atoms with Gasteiger partial charge in [-0.25, -0.2) is 9.97 Å². The number of aromatic nitrogens is 2. The fourth-order valence-corrected chi connectivity index (χ4v) is 1.54. The Morgan fingerprint density at radius 1 is 1.18 bits per heavy atom. The third-order valence-corrected chi connectivity index (χ3v) is 2.36. The lowest BCUT2D eigenvalue weighted by Crippen LogP contribution is -2.08. The third-order valence-electron chi connectivity index (χ3n) is 2.36. The summed E-state index contributed by atoms with van der Waals surface area (Å²) in [6.07, 6.45) is 3.36. The van der Waals surface area contributed by atoms with Gasteiger partial charge in [0.2, 0.25) is 5.78 Å². The number of para-hydroxylation sites is 1. The molecule has 0 saturated heterocycles. The zero-order valence-corrected chi connectivity index (χ0v) is 9.46. The molecule has 0 atom stereocenters. The van der Waals surface area contributed by atoms with Gasteiger partial charge in [-0.3, -0.25) is 4.79 Å². The van der Waals surface area contributed by atoms with E-state index in [9.17, 15) is 4.79 Å². The van der Waals surface area contributed by atoms with Gasteiger partial charge in [-0.2, -0.15) is 0 Å². The molecular weight excluding hydrogens is 216 g/mol. The van der Waals surface area contributed by atoms with E-state index < -0.39 is 0 Å². The number of Topliss-reactive ketones (excluding diaryl/α,β-unsaturated/α-hetero) is 1. The van der Waals surface area contributed by atoms with Crippen LogP contribution in [0, 0.1) is 0 Å². The molecule has 0 spiro atoms. The normalized spacial score (nSPS) is 9.94. The van der Waals surface area contributed by atoms with Crippen LogP contribution in [0.1, 0.15) is 16.2 Å². The highest BCUT2D eigenvalue weighted by molar-refractivity contribution is 5.94. The Morgan fingerprint density at radius 3 is 2.59 bits per heavy atom. The standard InChI is InChI=1S/C13H12N2O2/c1-17-12-6-3-2-5-10(12)9-11(16)13-14-7-4-8-15-13/h2-8H,9H2,1H3. The molecule has 0 aliphatic rings. The number of benzene rings is 1. The summed E-state index contributed by atoms with van der Waals surface area (Å²) in [5, 5.41) is 0. The van der Waals surface area contributed by atoms with Crippen molar-refractivity contribution in [1.29, 1.82) is 0 Å². The van der Waals surface area contributed by atoms with E-state index in [4.69, 9.17) is 4.74 Å². The first kappa shape index (κ1) is 11.3. The lowest BCUT2D eigenvalue weighted by Gasteiger charge is -2.06. The summed E-state index contributed by atoms with van der Waals surface area (Å²) in [5.74, 6) is 0.824. The number of hydrogen-bond acceptors (Lipinski definition) is 4. The van der Waals surface area contributed by atoms with E-state index in [-0.39, 0.29) is 18.0 Å². The number of hydrogen-bond donors (Lipinski definition) is 0. The first-order chi connectivity index (χ1) is 8.31. The topological polar surface area (TPSA) is 52.1 Å². The van der Waals surface area contributed by atoms with Crippen LogP contribution in [0.2, 0.25) is 0 Å². The van der Waals surface area contributed by atoms with Gasteiger partial charge in [-0.05, 0) is 12.1 Å². The second kappa shape index (κ2) is 5.21. The van der Waals surface area contributed by atoms with Gasteiger partial charge in [-0.1, -0.05) is 18.2 Å². The Bertz CT molecular complexity index is 512. The Kier molecular flexibility index (Phi) is 3.45. The molecule has 1 aromatic carbocycles. The van der Waals surface area contributed by atoms with Crippen LogP contribution in [0.3, 0.4) is 0 Å². The molecule has 0 aliphatic carbocycles. The van der Waals surface area contributed by atoms with Gasteiger partial charge in [-0.15, -0.1) is 0 Å². The molecule has 0 N–H and O–H groups in total. The summed E-state index contributed by atoms with van der Waals surface area (Å²) >= 11 is 0. The fraction of sp³-hybridized carbons (Fsp3) is 0.154. The molecule has 0 bridgehead atoms. The molecule has 4 nitrogen and oxygen atoms in total. The van der Waals surface area contributed by atoms with E-state index in [2.05, 4.69) is 9.97 Å². The van der Waals surface area contributed by atoms with E-state index in [0.717, 1.165) is 5.56 Å². The lowest BCUT2D eigenvalue weighted by atomic mass is 10.1. The molecule has 0 unspecified atom stereocenters. The summed E-state index contributed by atoms with van der Waals surface area (Å²) in [6.45, 7) is 0. The lowest BCUT2D eigenvalue weighted by molar-refractivity contribution is 0.0982. The van der Waals surface area contributed by atoms with Gasteiger partial charge in [0.05, 0.1) is 7.11 Å². The summed E-state index contributed by atoms with van der Waals surface area (Å²) < 4.78 is 5.19. The van der Waals surface area contributed by atoms with Crippen LogP contribution in [-0.2, 0) is 6.42 Å². The molecule has 17 heavy (non-hydrogen) atoms. The van der Waals surface area contributed by atoms with E-state index in [0.29, 0.717) is 5.75 Å². The van der Waals surface area contributed by atoms with Crippen LogP contribution in [0.5, 0.6) is 5.75 Å². The highest BCUT2D eigenvalue weighted by Crippen LogP contribution is 2.18. The van der Waals surface area contributed by atoms with Crippen molar-refractivity contribution in [2.24, 2.45) is 0 Å². The minimum atomic E-state index is -0.116. The third kappa shape index (κ3) is 2.66. The maximum absolute atomic E-state index is 11.9. The fourth-order valence-electron chi connectivity index (χ4n) is 1.54. The molecule has 0 fully saturated rings. The molecule has 4 heteroatoms. The Labute approximate surface area is 99.3 Å². The number of ether oxygens (including phenoxy) is 1. The first-order valence-electron chi connectivity index (χ1n) is 5.23. The van der Waals surface area contributed by atoms with Gasteiger partial charge in [0.15, 0.2) is 5.82 Å². The number of carbonyl (C=O) groups is 1. The monoisotopic (exact) mass is 228 g/mol. The van der Waals surface area contributed by atoms with Crippen LogP contribution in [0.15, 0.2) is 42.7 Å². The second-order valence-corrected chi connectivity index (χ2v) is 3.48. The van der Waals surface area contributed by atoms with Gasteiger partial charge in [0.1, 0.15) is 5.75 Å². The summed E-state index contributed by atoms with van der Waals surface area (Å²) in [7, 11) is 1.59. The summed E-state index contributed by atoms with van der Waals surface area (Å²) in [6, 6.07) is 9.11. The van der Waals surface area contributed by atoms with Crippen LogP contribution >= 0.6 is 0 Å². The Morgan fingerprint density at radius 2 is 1.88 bits per heavy atom. The average molecular weight is 228 g/mol. The zero-order valence-electron chi connectivity index (χ0n) is 9.46. The first-order valence-corrected chi connectivity index (χ1v) is 5.23. The SMILES string of the molecule is COc1ccccc1CC(=O)c1ncccn1. The number of carbonyl (C=O) groups excluding carboxylic acids is 1. The largest absolute Gasteiger partial charge is 0.496 e. The minimum absolute atomic E-state index is 0.116. The highest BCUT2D eigenvalue weighted by Gasteiger charge is 2.12. The van der Waals surface area contributed by atoms with Crippen molar-refractivity contribution in [1.82, 2.24) is 9.97 Å². The molecule has 0 aliphatic heterocycles. The quantitative estimate of drug-likeness (QED) is 0.750. The molecule has 1 heterocycles. The van der Waals surface area contributed by atoms with E-state index in [1.54, 1.807) is 25.6 Å². The summed E-state index contributed by atoms with van der Waals surface area (Å²) in [4.78, 5) is 19.8. The molecular formula is C13H12N2O2.